The normalized spacial score (nSPS) is 18.2. The van der Waals surface area contributed by atoms with Crippen LogP contribution in [-0.2, 0) is 11.2 Å². The van der Waals surface area contributed by atoms with E-state index in [-0.39, 0.29) is 29.8 Å². The molecule has 32 heavy (non-hydrogen) atoms. The Labute approximate surface area is 188 Å². The molecule has 164 valence electrons. The Bertz CT molecular complexity index is 1150. The van der Waals surface area contributed by atoms with Crippen molar-refractivity contribution in [2.75, 3.05) is 13.1 Å². The van der Waals surface area contributed by atoms with Crippen molar-refractivity contribution in [1.29, 1.82) is 0 Å². The summed E-state index contributed by atoms with van der Waals surface area (Å²) < 4.78 is 1.79. The fourth-order valence-corrected chi connectivity index (χ4v) is 5.01. The number of para-hydroxylation sites is 1. The van der Waals surface area contributed by atoms with Crippen molar-refractivity contribution in [2.24, 2.45) is 5.92 Å². The van der Waals surface area contributed by atoms with Gasteiger partial charge in [-0.1, -0.05) is 62.4 Å². The van der Waals surface area contributed by atoms with Gasteiger partial charge in [-0.05, 0) is 30.5 Å². The molecule has 2 aliphatic heterocycles. The molecule has 1 atom stereocenters. The first-order chi connectivity index (χ1) is 15.5. The highest BCUT2D eigenvalue weighted by atomic mass is 16.2. The van der Waals surface area contributed by atoms with Gasteiger partial charge < -0.3 is 9.80 Å². The number of benzene rings is 2. The summed E-state index contributed by atoms with van der Waals surface area (Å²) in [5.41, 5.74) is 4.51. The Hall–Kier alpha value is -3.41. The molecule has 0 N–H and O–H groups in total. The summed E-state index contributed by atoms with van der Waals surface area (Å²) in [4.78, 5) is 30.3. The summed E-state index contributed by atoms with van der Waals surface area (Å²) >= 11 is 0. The predicted octanol–water partition coefficient (Wildman–Crippen LogP) is 3.79. The SMILES string of the molecule is Cc1nn(-c2ccccc2)c2c1C(C(C)C)N(C1CN(C(=O)Cc3ccccc3)C1)C2=O. The molecule has 1 aromatic heterocycles. The van der Waals surface area contributed by atoms with Crippen molar-refractivity contribution in [1.82, 2.24) is 19.6 Å². The second-order valence-electron chi connectivity index (χ2n) is 9.11. The number of hydrogen-bond acceptors (Lipinski definition) is 3. The third kappa shape index (κ3) is 3.30. The van der Waals surface area contributed by atoms with Gasteiger partial charge >= 0.3 is 0 Å². The maximum Gasteiger partial charge on any atom is 0.273 e. The van der Waals surface area contributed by atoms with Gasteiger partial charge in [0.15, 0.2) is 0 Å². The highest BCUT2D eigenvalue weighted by Gasteiger charge is 2.49. The van der Waals surface area contributed by atoms with Crippen molar-refractivity contribution >= 4 is 11.8 Å². The average molecular weight is 429 g/mol. The summed E-state index contributed by atoms with van der Waals surface area (Å²) in [5.74, 6) is 0.383. The number of nitrogens with zero attached hydrogens (tertiary/aromatic N) is 4. The molecule has 1 saturated heterocycles. The van der Waals surface area contributed by atoms with Crippen molar-refractivity contribution < 1.29 is 9.59 Å². The van der Waals surface area contributed by atoms with Crippen molar-refractivity contribution in [3.05, 3.63) is 83.2 Å². The van der Waals surface area contributed by atoms with Gasteiger partial charge in [0.1, 0.15) is 5.69 Å². The maximum atomic E-state index is 13.7. The van der Waals surface area contributed by atoms with Crippen LogP contribution in [-0.4, -0.2) is 50.5 Å². The number of carbonyl (C=O) groups excluding carboxylic acids is 2. The van der Waals surface area contributed by atoms with Crippen LogP contribution < -0.4 is 0 Å². The van der Waals surface area contributed by atoms with Crippen molar-refractivity contribution in [2.45, 2.75) is 39.3 Å². The summed E-state index contributed by atoms with van der Waals surface area (Å²) in [6, 6.07) is 19.6. The van der Waals surface area contributed by atoms with E-state index in [9.17, 15) is 9.59 Å². The topological polar surface area (TPSA) is 58.4 Å². The molecule has 1 fully saturated rings. The van der Waals surface area contributed by atoms with Crippen molar-refractivity contribution in [3.63, 3.8) is 0 Å². The van der Waals surface area contributed by atoms with Gasteiger partial charge in [0, 0.05) is 18.7 Å². The van der Waals surface area contributed by atoms with E-state index < -0.39 is 0 Å². The van der Waals surface area contributed by atoms with E-state index in [2.05, 4.69) is 13.8 Å². The molecule has 0 bridgehead atoms. The number of amides is 2. The summed E-state index contributed by atoms with van der Waals surface area (Å²) in [5, 5.41) is 4.72. The third-order valence-electron chi connectivity index (χ3n) is 6.58. The third-order valence-corrected chi connectivity index (χ3v) is 6.58. The van der Waals surface area contributed by atoms with Crippen LogP contribution in [0.4, 0.5) is 0 Å². The minimum absolute atomic E-state index is 0.0170. The van der Waals surface area contributed by atoms with E-state index in [1.165, 1.54) is 0 Å². The average Bonchev–Trinajstić information content (AvgIpc) is 3.24. The van der Waals surface area contributed by atoms with Gasteiger partial charge in [0.05, 0.1) is 29.9 Å². The van der Waals surface area contributed by atoms with E-state index in [1.807, 2.05) is 77.4 Å². The number of aryl methyl sites for hydroxylation is 1. The Kier molecular flexibility index (Phi) is 5.08. The van der Waals surface area contributed by atoms with E-state index >= 15 is 0 Å². The van der Waals surface area contributed by atoms with E-state index in [1.54, 1.807) is 4.68 Å². The molecule has 2 aliphatic rings. The van der Waals surface area contributed by atoms with E-state index in [4.69, 9.17) is 5.10 Å². The molecule has 0 radical (unpaired) electrons. The zero-order chi connectivity index (χ0) is 22.4. The van der Waals surface area contributed by atoms with Gasteiger partial charge in [0.25, 0.3) is 5.91 Å². The zero-order valence-corrected chi connectivity index (χ0v) is 18.7. The molecule has 2 amide bonds. The Balaban J connectivity index is 1.38. The number of rotatable bonds is 5. The lowest BCUT2D eigenvalue weighted by Gasteiger charge is -2.47. The number of hydrogen-bond donors (Lipinski definition) is 0. The van der Waals surface area contributed by atoms with E-state index in [0.717, 1.165) is 22.5 Å². The molecular weight excluding hydrogens is 400 g/mol. The number of aromatic nitrogens is 2. The molecule has 3 heterocycles. The predicted molar refractivity (Wildman–Crippen MR) is 123 cm³/mol. The summed E-state index contributed by atoms with van der Waals surface area (Å²) in [6.07, 6.45) is 0.400. The molecule has 0 spiro atoms. The highest BCUT2D eigenvalue weighted by Crippen LogP contribution is 2.43. The Morgan fingerprint density at radius 3 is 2.28 bits per heavy atom. The number of likely N-dealkylation sites (tertiary alicyclic amines) is 1. The molecule has 3 aromatic rings. The van der Waals surface area contributed by atoms with Crippen LogP contribution in [0.5, 0.6) is 0 Å². The Morgan fingerprint density at radius 1 is 1.03 bits per heavy atom. The quantitative estimate of drug-likeness (QED) is 0.621. The zero-order valence-electron chi connectivity index (χ0n) is 18.7. The molecule has 2 aromatic carbocycles. The molecule has 0 aliphatic carbocycles. The largest absolute Gasteiger partial charge is 0.338 e. The standard InChI is InChI=1S/C26H28N4O2/c1-17(2)24-23-18(3)27-30(20-12-8-5-9-13-20)25(23)26(32)29(24)21-15-28(16-21)22(31)14-19-10-6-4-7-11-19/h4-13,17,21,24H,14-16H2,1-3H3. The smallest absolute Gasteiger partial charge is 0.273 e. The molecule has 0 saturated carbocycles. The lowest BCUT2D eigenvalue weighted by atomic mass is 9.94. The monoisotopic (exact) mass is 428 g/mol. The van der Waals surface area contributed by atoms with Crippen LogP contribution in [0, 0.1) is 12.8 Å². The van der Waals surface area contributed by atoms with Gasteiger partial charge in [-0.2, -0.15) is 5.10 Å². The van der Waals surface area contributed by atoms with E-state index in [0.29, 0.717) is 25.2 Å². The Morgan fingerprint density at radius 2 is 1.66 bits per heavy atom. The number of carbonyl (C=O) groups is 2. The lowest BCUT2D eigenvalue weighted by molar-refractivity contribution is -0.137. The second-order valence-corrected chi connectivity index (χ2v) is 9.11. The van der Waals surface area contributed by atoms with Gasteiger partial charge in [-0.25, -0.2) is 4.68 Å². The molecule has 5 rings (SSSR count). The van der Waals surface area contributed by atoms with Crippen LogP contribution >= 0.6 is 0 Å². The molecular formula is C26H28N4O2. The fraction of sp³-hybridized carbons (Fsp3) is 0.346. The van der Waals surface area contributed by atoms with Crippen LogP contribution in [0.25, 0.3) is 5.69 Å². The molecule has 1 unspecified atom stereocenters. The highest BCUT2D eigenvalue weighted by molar-refractivity contribution is 5.99. The lowest BCUT2D eigenvalue weighted by Crippen LogP contribution is -2.62. The first kappa shape index (κ1) is 20.5. The molecule has 6 heteroatoms. The van der Waals surface area contributed by atoms with Gasteiger partial charge in [-0.15, -0.1) is 0 Å². The first-order valence-electron chi connectivity index (χ1n) is 11.2. The minimum atomic E-state index is -0.0219. The van der Waals surface area contributed by atoms with Crippen LogP contribution in [0.1, 0.15) is 47.2 Å². The number of fused-ring (bicyclic) bond motifs is 1. The molecule has 6 nitrogen and oxygen atoms in total. The fourth-order valence-electron chi connectivity index (χ4n) is 5.01. The van der Waals surface area contributed by atoms with Gasteiger partial charge in [-0.3, -0.25) is 9.59 Å². The van der Waals surface area contributed by atoms with Crippen LogP contribution in [0.2, 0.25) is 0 Å². The van der Waals surface area contributed by atoms with Gasteiger partial charge in [0.2, 0.25) is 5.91 Å². The summed E-state index contributed by atoms with van der Waals surface area (Å²) in [6.45, 7) is 7.46. The second kappa shape index (κ2) is 7.93. The maximum absolute atomic E-state index is 13.7. The minimum Gasteiger partial charge on any atom is -0.338 e. The van der Waals surface area contributed by atoms with Crippen LogP contribution in [0.3, 0.4) is 0 Å². The van der Waals surface area contributed by atoms with Crippen LogP contribution in [0.15, 0.2) is 60.7 Å². The first-order valence-corrected chi connectivity index (χ1v) is 11.2. The van der Waals surface area contributed by atoms with Crippen molar-refractivity contribution in [3.8, 4) is 5.69 Å². The summed E-state index contributed by atoms with van der Waals surface area (Å²) in [7, 11) is 0.